The summed E-state index contributed by atoms with van der Waals surface area (Å²) in [5, 5.41) is 0.497. The lowest BCUT2D eigenvalue weighted by Crippen LogP contribution is -2.05. The molecule has 0 radical (unpaired) electrons. The summed E-state index contributed by atoms with van der Waals surface area (Å²) in [4.78, 5) is 4.70. The van der Waals surface area contributed by atoms with E-state index in [9.17, 15) is 13.2 Å². The maximum Gasteiger partial charge on any atom is 0.417 e. The molecular weight excluding hydrogens is 365 g/mol. The van der Waals surface area contributed by atoms with Gasteiger partial charge in [0.05, 0.1) is 5.56 Å². The van der Waals surface area contributed by atoms with Gasteiger partial charge in [-0.25, -0.2) is 4.98 Å². The van der Waals surface area contributed by atoms with E-state index in [1.54, 1.807) is 0 Å². The van der Waals surface area contributed by atoms with Crippen molar-refractivity contribution in [1.82, 2.24) is 4.98 Å². The molecule has 2 nitrogen and oxygen atoms in total. The van der Waals surface area contributed by atoms with E-state index >= 15 is 0 Å². The zero-order valence-corrected chi connectivity index (χ0v) is 13.4. The van der Waals surface area contributed by atoms with Crippen LogP contribution >= 0.6 is 27.7 Å². The molecule has 1 unspecified atom stereocenters. The van der Waals surface area contributed by atoms with Gasteiger partial charge in [0.15, 0.2) is 0 Å². The third-order valence-corrected chi connectivity index (χ3v) is 4.70. The zero-order valence-electron chi connectivity index (χ0n) is 11.0. The van der Waals surface area contributed by atoms with Crippen LogP contribution in [0.2, 0.25) is 0 Å². The molecule has 1 atom stereocenters. The first kappa shape index (κ1) is 16.3. The highest BCUT2D eigenvalue weighted by atomic mass is 79.9. The van der Waals surface area contributed by atoms with Crippen LogP contribution in [0, 0.1) is 0 Å². The number of nitrogens with two attached hydrogens (primary N) is 1. The van der Waals surface area contributed by atoms with Gasteiger partial charge in [0, 0.05) is 21.6 Å². The second-order valence-corrected chi connectivity index (χ2v) is 6.38. The van der Waals surface area contributed by atoms with Crippen LogP contribution in [0.1, 0.15) is 24.1 Å². The Labute approximate surface area is 133 Å². The van der Waals surface area contributed by atoms with Gasteiger partial charge in [0.1, 0.15) is 5.03 Å². The molecule has 2 aromatic rings. The van der Waals surface area contributed by atoms with E-state index in [4.69, 9.17) is 5.73 Å². The zero-order chi connectivity index (χ0) is 15.6. The van der Waals surface area contributed by atoms with E-state index in [-0.39, 0.29) is 6.04 Å². The van der Waals surface area contributed by atoms with E-state index in [1.807, 2.05) is 25.1 Å². The SMILES string of the molecule is CC(N)c1ccc(Sc2ccc(C(F)(F)F)cn2)c(Br)c1. The van der Waals surface area contributed by atoms with E-state index in [1.165, 1.54) is 17.8 Å². The fraction of sp³-hybridized carbons (Fsp3) is 0.214. The van der Waals surface area contributed by atoms with Crippen LogP contribution in [0.15, 0.2) is 50.9 Å². The molecule has 0 aliphatic heterocycles. The van der Waals surface area contributed by atoms with Crippen LogP contribution in [0.25, 0.3) is 0 Å². The van der Waals surface area contributed by atoms with Crippen LogP contribution < -0.4 is 5.73 Å². The molecule has 0 aliphatic rings. The van der Waals surface area contributed by atoms with Gasteiger partial charge in [-0.15, -0.1) is 0 Å². The summed E-state index contributed by atoms with van der Waals surface area (Å²) in [6.45, 7) is 1.88. The van der Waals surface area contributed by atoms with Crippen molar-refractivity contribution in [1.29, 1.82) is 0 Å². The molecule has 7 heteroatoms. The molecule has 0 aliphatic carbocycles. The molecule has 0 amide bonds. The van der Waals surface area contributed by atoms with Crippen molar-refractivity contribution < 1.29 is 13.2 Å². The summed E-state index contributed by atoms with van der Waals surface area (Å²) in [5.41, 5.74) is 6.02. The first-order valence-electron chi connectivity index (χ1n) is 6.03. The predicted octanol–water partition coefficient (Wildman–Crippen LogP) is 5.03. The minimum absolute atomic E-state index is 0.0791. The second-order valence-electron chi connectivity index (χ2n) is 4.46. The van der Waals surface area contributed by atoms with Gasteiger partial charge >= 0.3 is 6.18 Å². The van der Waals surface area contributed by atoms with Crippen LogP contribution in [0.5, 0.6) is 0 Å². The van der Waals surface area contributed by atoms with Crippen molar-refractivity contribution in [2.75, 3.05) is 0 Å². The molecule has 0 fully saturated rings. The topological polar surface area (TPSA) is 38.9 Å². The number of alkyl halides is 3. The highest BCUT2D eigenvalue weighted by Crippen LogP contribution is 2.35. The molecule has 1 aromatic heterocycles. The number of hydrogen-bond donors (Lipinski definition) is 1. The van der Waals surface area contributed by atoms with Gasteiger partial charge in [-0.05, 0) is 52.7 Å². The second kappa shape index (κ2) is 6.37. The van der Waals surface area contributed by atoms with Gasteiger partial charge in [-0.1, -0.05) is 17.8 Å². The number of halogens is 4. The standard InChI is InChI=1S/C14H12BrF3N2S/c1-8(19)9-2-4-12(11(15)6-9)21-13-5-3-10(7-20-13)14(16,17)18/h2-8H,19H2,1H3. The van der Waals surface area contributed by atoms with Crippen molar-refractivity contribution in [2.24, 2.45) is 5.73 Å². The first-order chi connectivity index (χ1) is 9.77. The van der Waals surface area contributed by atoms with Gasteiger partial charge in [-0.3, -0.25) is 0 Å². The molecule has 0 spiro atoms. The highest BCUT2D eigenvalue weighted by molar-refractivity contribution is 9.10. The Morgan fingerprint density at radius 2 is 1.95 bits per heavy atom. The Morgan fingerprint density at radius 1 is 1.24 bits per heavy atom. The van der Waals surface area contributed by atoms with Gasteiger partial charge in [0.2, 0.25) is 0 Å². The smallest absolute Gasteiger partial charge is 0.324 e. The molecule has 2 N–H and O–H groups in total. The van der Waals surface area contributed by atoms with Crippen LogP contribution in [0.3, 0.4) is 0 Å². The monoisotopic (exact) mass is 376 g/mol. The first-order valence-corrected chi connectivity index (χ1v) is 7.64. The molecule has 0 bridgehead atoms. The Bertz CT molecular complexity index is 627. The molecular formula is C14H12BrF3N2S. The molecule has 112 valence electrons. The van der Waals surface area contributed by atoms with Crippen molar-refractivity contribution in [3.63, 3.8) is 0 Å². The van der Waals surface area contributed by atoms with Crippen LogP contribution in [-0.2, 0) is 6.18 Å². The Hall–Kier alpha value is -1.05. The average molecular weight is 377 g/mol. The fourth-order valence-corrected chi connectivity index (χ4v) is 3.00. The summed E-state index contributed by atoms with van der Waals surface area (Å²) in [5.74, 6) is 0. The summed E-state index contributed by atoms with van der Waals surface area (Å²) in [7, 11) is 0. The highest BCUT2D eigenvalue weighted by Gasteiger charge is 2.30. The molecule has 0 saturated heterocycles. The quantitative estimate of drug-likeness (QED) is 0.815. The number of nitrogens with zero attached hydrogens (tertiary/aromatic N) is 1. The third-order valence-electron chi connectivity index (χ3n) is 2.76. The van der Waals surface area contributed by atoms with Crippen molar-refractivity contribution in [2.45, 2.75) is 29.1 Å². The van der Waals surface area contributed by atoms with E-state index in [0.29, 0.717) is 5.03 Å². The van der Waals surface area contributed by atoms with Crippen molar-refractivity contribution in [3.8, 4) is 0 Å². The van der Waals surface area contributed by atoms with Crippen LogP contribution in [-0.4, -0.2) is 4.98 Å². The van der Waals surface area contributed by atoms with Crippen molar-refractivity contribution in [3.05, 3.63) is 52.1 Å². The van der Waals surface area contributed by atoms with E-state index < -0.39 is 11.7 Å². The number of aromatic nitrogens is 1. The summed E-state index contributed by atoms with van der Waals surface area (Å²) >= 11 is 4.72. The summed E-state index contributed by atoms with van der Waals surface area (Å²) in [6.07, 6.45) is -3.53. The normalized spacial score (nSPS) is 13.2. The number of pyridine rings is 1. The average Bonchev–Trinajstić information content (AvgIpc) is 2.40. The molecule has 1 aromatic carbocycles. The van der Waals surface area contributed by atoms with Crippen molar-refractivity contribution >= 4 is 27.7 Å². The largest absolute Gasteiger partial charge is 0.417 e. The van der Waals surface area contributed by atoms with Gasteiger partial charge in [-0.2, -0.15) is 13.2 Å². The summed E-state index contributed by atoms with van der Waals surface area (Å²) in [6, 6.07) is 7.97. The lowest BCUT2D eigenvalue weighted by Gasteiger charge is -2.10. The number of rotatable bonds is 3. The number of benzene rings is 1. The minimum Gasteiger partial charge on any atom is -0.324 e. The Morgan fingerprint density at radius 3 is 2.43 bits per heavy atom. The lowest BCUT2D eigenvalue weighted by atomic mass is 10.1. The fourth-order valence-electron chi connectivity index (χ4n) is 1.60. The summed E-state index contributed by atoms with van der Waals surface area (Å²) < 4.78 is 38.2. The molecule has 0 saturated carbocycles. The number of hydrogen-bond acceptors (Lipinski definition) is 3. The van der Waals surface area contributed by atoms with Gasteiger partial charge < -0.3 is 5.73 Å². The van der Waals surface area contributed by atoms with E-state index in [2.05, 4.69) is 20.9 Å². The molecule has 2 rings (SSSR count). The molecule has 21 heavy (non-hydrogen) atoms. The predicted molar refractivity (Wildman–Crippen MR) is 80.1 cm³/mol. The Kier molecular flexibility index (Phi) is 4.95. The maximum absolute atomic E-state index is 12.5. The lowest BCUT2D eigenvalue weighted by molar-refractivity contribution is -0.137. The molecule has 1 heterocycles. The van der Waals surface area contributed by atoms with Gasteiger partial charge in [0.25, 0.3) is 0 Å². The minimum atomic E-state index is -4.37. The van der Waals surface area contributed by atoms with Crippen LogP contribution in [0.4, 0.5) is 13.2 Å². The maximum atomic E-state index is 12.5. The third kappa shape index (κ3) is 4.21. The Balaban J connectivity index is 2.19. The van der Waals surface area contributed by atoms with E-state index in [0.717, 1.165) is 27.2 Å².